The zero-order valence-electron chi connectivity index (χ0n) is 11.6. The van der Waals surface area contributed by atoms with E-state index in [1.807, 2.05) is 24.3 Å². The Bertz CT molecular complexity index is 706. The van der Waals surface area contributed by atoms with Crippen LogP contribution in [0.1, 0.15) is 5.56 Å². The van der Waals surface area contributed by atoms with E-state index in [4.69, 9.17) is 27.9 Å². The number of carbonyl (C=O) groups is 1. The fourth-order valence-corrected chi connectivity index (χ4v) is 2.66. The van der Waals surface area contributed by atoms with Crippen LogP contribution in [0.25, 0.3) is 0 Å². The summed E-state index contributed by atoms with van der Waals surface area (Å²) in [6, 6.07) is 12.7. The van der Waals surface area contributed by atoms with Crippen molar-refractivity contribution in [3.8, 4) is 11.5 Å². The maximum absolute atomic E-state index is 11.2. The quantitative estimate of drug-likeness (QED) is 0.886. The number of ether oxygens (including phenoxy) is 1. The Labute approximate surface area is 138 Å². The van der Waals surface area contributed by atoms with E-state index in [1.54, 1.807) is 18.2 Å². The number of urea groups is 1. The van der Waals surface area contributed by atoms with Crippen molar-refractivity contribution in [3.05, 3.63) is 58.1 Å². The van der Waals surface area contributed by atoms with Gasteiger partial charge in [-0.15, -0.1) is 0 Å². The average Bonchev–Trinajstić information content (AvgIpc) is 2.88. The van der Waals surface area contributed by atoms with Crippen LogP contribution in [0.2, 0.25) is 10.0 Å². The number of halogens is 2. The van der Waals surface area contributed by atoms with Crippen molar-refractivity contribution >= 4 is 29.2 Å². The molecule has 3 rings (SSSR count). The second-order valence-electron chi connectivity index (χ2n) is 5.08. The van der Waals surface area contributed by atoms with Gasteiger partial charge in [0.1, 0.15) is 11.5 Å². The molecule has 1 aliphatic heterocycles. The van der Waals surface area contributed by atoms with Gasteiger partial charge in [-0.25, -0.2) is 4.79 Å². The molecule has 1 heterocycles. The Morgan fingerprint density at radius 3 is 2.77 bits per heavy atom. The highest BCUT2D eigenvalue weighted by molar-refractivity contribution is 6.32. The molecule has 1 fully saturated rings. The molecule has 0 bridgehead atoms. The molecular formula is C16H14Cl2N2O2. The Morgan fingerprint density at radius 1 is 1.18 bits per heavy atom. The van der Waals surface area contributed by atoms with E-state index in [1.165, 1.54) is 0 Å². The molecule has 22 heavy (non-hydrogen) atoms. The van der Waals surface area contributed by atoms with Gasteiger partial charge in [-0.05, 0) is 42.3 Å². The first-order valence-corrected chi connectivity index (χ1v) is 7.62. The maximum Gasteiger partial charge on any atom is 0.315 e. The predicted octanol–water partition coefficient (Wildman–Crippen LogP) is 4.01. The summed E-state index contributed by atoms with van der Waals surface area (Å²) in [4.78, 5) is 11.2. The van der Waals surface area contributed by atoms with E-state index >= 15 is 0 Å². The van der Waals surface area contributed by atoms with E-state index in [-0.39, 0.29) is 12.1 Å². The van der Waals surface area contributed by atoms with Crippen LogP contribution < -0.4 is 15.4 Å². The molecule has 0 spiro atoms. The summed E-state index contributed by atoms with van der Waals surface area (Å²) < 4.78 is 5.80. The van der Waals surface area contributed by atoms with Crippen molar-refractivity contribution < 1.29 is 9.53 Å². The lowest BCUT2D eigenvalue weighted by Crippen LogP contribution is -2.28. The molecule has 0 saturated carbocycles. The summed E-state index contributed by atoms with van der Waals surface area (Å²) in [7, 11) is 0. The van der Waals surface area contributed by atoms with Crippen LogP contribution >= 0.6 is 23.2 Å². The summed E-state index contributed by atoms with van der Waals surface area (Å²) in [6.45, 7) is 0.617. The van der Waals surface area contributed by atoms with Crippen LogP contribution in [0.4, 0.5) is 4.79 Å². The minimum absolute atomic E-state index is 0.0766. The van der Waals surface area contributed by atoms with Crippen molar-refractivity contribution in [2.24, 2.45) is 0 Å². The van der Waals surface area contributed by atoms with Crippen molar-refractivity contribution in [2.45, 2.75) is 12.5 Å². The van der Waals surface area contributed by atoms with Gasteiger partial charge in [0, 0.05) is 11.6 Å². The SMILES string of the molecule is O=C1NCC(Cc2ccc(Cl)c(Oc3cccc(Cl)c3)c2)N1. The Kier molecular flexibility index (Phi) is 4.41. The molecule has 2 amide bonds. The molecule has 6 heteroatoms. The lowest BCUT2D eigenvalue weighted by atomic mass is 10.1. The number of benzene rings is 2. The number of rotatable bonds is 4. The summed E-state index contributed by atoms with van der Waals surface area (Å²) in [6.07, 6.45) is 0.710. The first-order chi connectivity index (χ1) is 10.6. The van der Waals surface area contributed by atoms with Crippen molar-refractivity contribution in [2.75, 3.05) is 6.54 Å². The minimum Gasteiger partial charge on any atom is -0.456 e. The number of hydrogen-bond acceptors (Lipinski definition) is 2. The van der Waals surface area contributed by atoms with Crippen LogP contribution in [-0.2, 0) is 6.42 Å². The van der Waals surface area contributed by atoms with Crippen LogP contribution in [0.3, 0.4) is 0 Å². The van der Waals surface area contributed by atoms with Gasteiger partial charge in [0.25, 0.3) is 0 Å². The summed E-state index contributed by atoms with van der Waals surface area (Å²) >= 11 is 12.1. The van der Waals surface area contributed by atoms with Gasteiger partial charge in [0.2, 0.25) is 0 Å². The minimum atomic E-state index is -0.130. The second kappa shape index (κ2) is 6.46. The molecular weight excluding hydrogens is 323 g/mol. The van der Waals surface area contributed by atoms with E-state index in [0.29, 0.717) is 34.5 Å². The third-order valence-corrected chi connectivity index (χ3v) is 3.89. The van der Waals surface area contributed by atoms with Crippen LogP contribution in [0.5, 0.6) is 11.5 Å². The van der Waals surface area contributed by atoms with Crippen LogP contribution in [0, 0.1) is 0 Å². The molecule has 2 aromatic rings. The highest BCUT2D eigenvalue weighted by Crippen LogP contribution is 2.31. The van der Waals surface area contributed by atoms with Gasteiger partial charge >= 0.3 is 6.03 Å². The summed E-state index contributed by atoms with van der Waals surface area (Å²) in [5.74, 6) is 1.20. The van der Waals surface area contributed by atoms with Gasteiger partial charge in [0.15, 0.2) is 0 Å². The number of carbonyl (C=O) groups excluding carboxylic acids is 1. The molecule has 1 saturated heterocycles. The maximum atomic E-state index is 11.2. The topological polar surface area (TPSA) is 50.4 Å². The molecule has 0 radical (unpaired) electrons. The molecule has 114 valence electrons. The molecule has 4 nitrogen and oxygen atoms in total. The molecule has 2 aromatic carbocycles. The van der Waals surface area contributed by atoms with Gasteiger partial charge in [-0.2, -0.15) is 0 Å². The van der Waals surface area contributed by atoms with E-state index in [9.17, 15) is 4.79 Å². The first kappa shape index (κ1) is 15.0. The normalized spacial score (nSPS) is 17.0. The number of nitrogens with one attached hydrogen (secondary N) is 2. The predicted molar refractivity (Wildman–Crippen MR) is 87.0 cm³/mol. The lowest BCUT2D eigenvalue weighted by molar-refractivity contribution is 0.247. The third-order valence-electron chi connectivity index (χ3n) is 3.35. The van der Waals surface area contributed by atoms with E-state index in [2.05, 4.69) is 10.6 Å². The number of hydrogen-bond donors (Lipinski definition) is 2. The average molecular weight is 337 g/mol. The summed E-state index contributed by atoms with van der Waals surface area (Å²) in [5, 5.41) is 6.72. The van der Waals surface area contributed by atoms with Gasteiger partial charge in [0.05, 0.1) is 11.1 Å². The third kappa shape index (κ3) is 3.64. The lowest BCUT2D eigenvalue weighted by Gasteiger charge is -2.12. The van der Waals surface area contributed by atoms with Crippen LogP contribution in [0.15, 0.2) is 42.5 Å². The highest BCUT2D eigenvalue weighted by Gasteiger charge is 2.20. The zero-order chi connectivity index (χ0) is 15.5. The van der Waals surface area contributed by atoms with Gasteiger partial charge in [-0.3, -0.25) is 0 Å². The van der Waals surface area contributed by atoms with Crippen molar-refractivity contribution in [1.29, 1.82) is 0 Å². The fourth-order valence-electron chi connectivity index (χ4n) is 2.32. The highest BCUT2D eigenvalue weighted by atomic mass is 35.5. The number of amides is 2. The molecule has 1 atom stereocenters. The van der Waals surface area contributed by atoms with Gasteiger partial charge in [-0.1, -0.05) is 35.3 Å². The second-order valence-corrected chi connectivity index (χ2v) is 5.92. The zero-order valence-corrected chi connectivity index (χ0v) is 13.1. The monoisotopic (exact) mass is 336 g/mol. The first-order valence-electron chi connectivity index (χ1n) is 6.86. The molecule has 0 aliphatic carbocycles. The molecule has 1 aliphatic rings. The van der Waals surface area contributed by atoms with Crippen LogP contribution in [-0.4, -0.2) is 18.6 Å². The largest absolute Gasteiger partial charge is 0.456 e. The Balaban J connectivity index is 1.76. The molecule has 1 unspecified atom stereocenters. The Morgan fingerprint density at radius 2 is 2.05 bits per heavy atom. The summed E-state index contributed by atoms with van der Waals surface area (Å²) in [5.41, 5.74) is 1.04. The van der Waals surface area contributed by atoms with E-state index in [0.717, 1.165) is 5.56 Å². The van der Waals surface area contributed by atoms with Gasteiger partial charge < -0.3 is 15.4 Å². The Hall–Kier alpha value is -1.91. The molecule has 0 aromatic heterocycles. The molecule has 2 N–H and O–H groups in total. The van der Waals surface area contributed by atoms with Crippen molar-refractivity contribution in [1.82, 2.24) is 10.6 Å². The smallest absolute Gasteiger partial charge is 0.315 e. The standard InChI is InChI=1S/C16H14Cl2N2O2/c17-11-2-1-3-13(8-11)22-15-7-10(4-5-14(15)18)6-12-9-19-16(21)20-12/h1-5,7-8,12H,6,9H2,(H2,19,20,21). The van der Waals surface area contributed by atoms with Crippen molar-refractivity contribution in [3.63, 3.8) is 0 Å². The fraction of sp³-hybridized carbons (Fsp3) is 0.188. The van der Waals surface area contributed by atoms with E-state index < -0.39 is 0 Å².